The predicted octanol–water partition coefficient (Wildman–Crippen LogP) is 2.22. The van der Waals surface area contributed by atoms with Gasteiger partial charge < -0.3 is 24.9 Å². The van der Waals surface area contributed by atoms with E-state index in [9.17, 15) is 4.79 Å². The second-order valence-electron chi connectivity index (χ2n) is 5.86. The van der Waals surface area contributed by atoms with Gasteiger partial charge in [0.05, 0.1) is 18.2 Å². The molecule has 0 aliphatic carbocycles. The lowest BCUT2D eigenvalue weighted by Gasteiger charge is -2.13. The zero-order valence-corrected chi connectivity index (χ0v) is 14.6. The van der Waals surface area contributed by atoms with Crippen LogP contribution in [0.25, 0.3) is 5.65 Å². The second-order valence-corrected chi connectivity index (χ2v) is 5.86. The minimum Gasteiger partial charge on any atom is -0.487 e. The number of nitrogens with one attached hydrogen (secondary N) is 1. The van der Waals surface area contributed by atoms with E-state index in [1.165, 1.54) is 0 Å². The summed E-state index contributed by atoms with van der Waals surface area (Å²) in [6.07, 6.45) is 3.79. The van der Waals surface area contributed by atoms with Crippen molar-refractivity contribution in [1.29, 1.82) is 0 Å². The van der Waals surface area contributed by atoms with Gasteiger partial charge in [-0.15, -0.1) is 0 Å². The van der Waals surface area contributed by atoms with Gasteiger partial charge in [0.15, 0.2) is 0 Å². The van der Waals surface area contributed by atoms with Crippen LogP contribution in [-0.2, 0) is 16.1 Å². The Hall–Kier alpha value is -2.90. The van der Waals surface area contributed by atoms with E-state index in [4.69, 9.17) is 15.2 Å². The number of fused-ring (bicyclic) bond motifs is 1. The number of imidazole rings is 1. The van der Waals surface area contributed by atoms with Crippen molar-refractivity contribution in [1.82, 2.24) is 9.38 Å². The van der Waals surface area contributed by atoms with Gasteiger partial charge in [0.1, 0.15) is 18.0 Å². The van der Waals surface area contributed by atoms with Crippen molar-refractivity contribution in [2.75, 3.05) is 19.0 Å². The maximum absolute atomic E-state index is 12.0. The molecule has 0 bridgehead atoms. The predicted molar refractivity (Wildman–Crippen MR) is 99.1 cm³/mol. The van der Waals surface area contributed by atoms with Crippen LogP contribution in [-0.4, -0.2) is 35.1 Å². The first-order valence-corrected chi connectivity index (χ1v) is 8.36. The van der Waals surface area contributed by atoms with Crippen LogP contribution in [0, 0.1) is 0 Å². The Labute approximate surface area is 151 Å². The molecule has 0 spiro atoms. The fourth-order valence-corrected chi connectivity index (χ4v) is 2.56. The quantitative estimate of drug-likeness (QED) is 0.647. The van der Waals surface area contributed by atoms with E-state index < -0.39 is 0 Å². The van der Waals surface area contributed by atoms with Gasteiger partial charge >= 0.3 is 0 Å². The van der Waals surface area contributed by atoms with E-state index in [0.717, 1.165) is 11.3 Å². The Kier molecular flexibility index (Phi) is 5.83. The highest BCUT2D eigenvalue weighted by Crippen LogP contribution is 2.19. The number of carbonyl (C=O) groups is 1. The molecule has 0 saturated heterocycles. The third-order valence-corrected chi connectivity index (χ3v) is 3.93. The number of nitrogens with two attached hydrogens (primary N) is 1. The van der Waals surface area contributed by atoms with Gasteiger partial charge in [-0.1, -0.05) is 12.1 Å². The standard InChI is InChI=1S/C19H22N4O3/c1-25-17(11-20)10-19(24)22-14-5-4-6-16(9-14)26-13-15-12-23-8-3-2-7-18(23)21-15/h2-9,12,17H,10-11,13,20H2,1H3,(H,22,24). The third-order valence-electron chi connectivity index (χ3n) is 3.93. The molecule has 7 heteroatoms. The van der Waals surface area contributed by atoms with E-state index in [1.807, 2.05) is 47.1 Å². The SMILES string of the molecule is COC(CN)CC(=O)Nc1cccc(OCc2cn3ccccc3n2)c1. The second kappa shape index (κ2) is 8.46. The van der Waals surface area contributed by atoms with Crippen molar-refractivity contribution in [3.63, 3.8) is 0 Å². The molecule has 0 fully saturated rings. The summed E-state index contributed by atoms with van der Waals surface area (Å²) < 4.78 is 12.9. The highest BCUT2D eigenvalue weighted by atomic mass is 16.5. The number of ether oxygens (including phenoxy) is 2. The number of methoxy groups -OCH3 is 1. The average Bonchev–Trinajstić information content (AvgIpc) is 3.08. The molecule has 7 nitrogen and oxygen atoms in total. The molecule has 0 radical (unpaired) electrons. The topological polar surface area (TPSA) is 90.9 Å². The molecule has 3 N–H and O–H groups in total. The summed E-state index contributed by atoms with van der Waals surface area (Å²) >= 11 is 0. The lowest BCUT2D eigenvalue weighted by molar-refractivity contribution is -0.118. The zero-order valence-electron chi connectivity index (χ0n) is 14.6. The van der Waals surface area contributed by atoms with Crippen molar-refractivity contribution < 1.29 is 14.3 Å². The van der Waals surface area contributed by atoms with Crippen molar-refractivity contribution in [3.05, 3.63) is 60.6 Å². The lowest BCUT2D eigenvalue weighted by Crippen LogP contribution is -2.28. The van der Waals surface area contributed by atoms with Crippen LogP contribution in [0.15, 0.2) is 54.9 Å². The molecule has 1 amide bonds. The smallest absolute Gasteiger partial charge is 0.227 e. The van der Waals surface area contributed by atoms with Gasteiger partial charge in [-0.05, 0) is 24.3 Å². The van der Waals surface area contributed by atoms with Crippen molar-refractivity contribution in [2.24, 2.45) is 5.73 Å². The van der Waals surface area contributed by atoms with Crippen LogP contribution >= 0.6 is 0 Å². The van der Waals surface area contributed by atoms with Gasteiger partial charge in [0.25, 0.3) is 0 Å². The van der Waals surface area contributed by atoms with Crippen LogP contribution in [0.4, 0.5) is 5.69 Å². The summed E-state index contributed by atoms with van der Waals surface area (Å²) in [5.41, 5.74) is 7.91. The molecular formula is C19H22N4O3. The molecule has 0 aliphatic rings. The van der Waals surface area contributed by atoms with Crippen molar-refractivity contribution in [2.45, 2.75) is 19.1 Å². The number of benzene rings is 1. The molecule has 1 aromatic carbocycles. The maximum Gasteiger partial charge on any atom is 0.227 e. The van der Waals surface area contributed by atoms with E-state index in [1.54, 1.807) is 19.2 Å². The molecule has 136 valence electrons. The Balaban J connectivity index is 1.59. The maximum atomic E-state index is 12.0. The minimum atomic E-state index is -0.288. The number of nitrogens with zero attached hydrogens (tertiary/aromatic N) is 2. The molecule has 2 aromatic heterocycles. The lowest BCUT2D eigenvalue weighted by atomic mass is 10.2. The van der Waals surface area contributed by atoms with Gasteiger partial charge in [0.2, 0.25) is 5.91 Å². The van der Waals surface area contributed by atoms with Crippen LogP contribution in [0.1, 0.15) is 12.1 Å². The van der Waals surface area contributed by atoms with Crippen LogP contribution in [0.2, 0.25) is 0 Å². The van der Waals surface area contributed by atoms with Crippen molar-refractivity contribution in [3.8, 4) is 5.75 Å². The molecule has 1 atom stereocenters. The van der Waals surface area contributed by atoms with Crippen LogP contribution < -0.4 is 15.8 Å². The number of aromatic nitrogens is 2. The summed E-state index contributed by atoms with van der Waals surface area (Å²) in [7, 11) is 1.54. The highest BCUT2D eigenvalue weighted by molar-refractivity contribution is 5.91. The first kappa shape index (κ1) is 17.9. The number of hydrogen-bond donors (Lipinski definition) is 2. The fraction of sp³-hybridized carbons (Fsp3) is 0.263. The largest absolute Gasteiger partial charge is 0.487 e. The number of amides is 1. The first-order valence-electron chi connectivity index (χ1n) is 8.36. The van der Waals surface area contributed by atoms with Gasteiger partial charge in [-0.3, -0.25) is 4.79 Å². The summed E-state index contributed by atoms with van der Waals surface area (Å²) in [6.45, 7) is 0.643. The van der Waals surface area contributed by atoms with Crippen LogP contribution in [0.3, 0.4) is 0 Å². The van der Waals surface area contributed by atoms with E-state index in [2.05, 4.69) is 10.3 Å². The minimum absolute atomic E-state index is 0.153. The molecule has 2 heterocycles. The molecule has 26 heavy (non-hydrogen) atoms. The van der Waals surface area contributed by atoms with E-state index >= 15 is 0 Å². The van der Waals surface area contributed by atoms with E-state index in [0.29, 0.717) is 24.6 Å². The third kappa shape index (κ3) is 4.59. The number of pyridine rings is 1. The molecule has 3 rings (SSSR count). The summed E-state index contributed by atoms with van der Waals surface area (Å²) in [6, 6.07) is 13.1. The number of carbonyl (C=O) groups excluding carboxylic acids is 1. The highest BCUT2D eigenvalue weighted by Gasteiger charge is 2.12. The fourth-order valence-electron chi connectivity index (χ4n) is 2.56. The number of anilines is 1. The molecule has 3 aromatic rings. The van der Waals surface area contributed by atoms with Crippen molar-refractivity contribution >= 4 is 17.2 Å². The van der Waals surface area contributed by atoms with Gasteiger partial charge in [0, 0.05) is 37.8 Å². The van der Waals surface area contributed by atoms with Gasteiger partial charge in [-0.25, -0.2) is 4.98 Å². The summed E-state index contributed by atoms with van der Waals surface area (Å²) in [5.74, 6) is 0.502. The van der Waals surface area contributed by atoms with Crippen LogP contribution in [0.5, 0.6) is 5.75 Å². The zero-order chi connectivity index (χ0) is 18.4. The van der Waals surface area contributed by atoms with E-state index in [-0.39, 0.29) is 18.4 Å². The Morgan fingerprint density at radius 1 is 1.31 bits per heavy atom. The average molecular weight is 354 g/mol. The molecule has 1 unspecified atom stereocenters. The Morgan fingerprint density at radius 2 is 2.19 bits per heavy atom. The summed E-state index contributed by atoms with van der Waals surface area (Å²) in [4.78, 5) is 16.5. The summed E-state index contributed by atoms with van der Waals surface area (Å²) in [5, 5.41) is 2.83. The number of hydrogen-bond acceptors (Lipinski definition) is 5. The molecular weight excluding hydrogens is 332 g/mol. The molecule has 0 saturated carbocycles. The monoisotopic (exact) mass is 354 g/mol. The Bertz CT molecular complexity index is 841. The van der Waals surface area contributed by atoms with Gasteiger partial charge in [-0.2, -0.15) is 0 Å². The normalized spacial score (nSPS) is 12.1. The Morgan fingerprint density at radius 3 is 2.96 bits per heavy atom. The number of rotatable bonds is 8. The molecule has 0 aliphatic heterocycles. The first-order chi connectivity index (χ1) is 12.7.